The Bertz CT molecular complexity index is 1050. The number of carbonyl (C=O) groups excluding carboxylic acids is 1. The van der Waals surface area contributed by atoms with E-state index < -0.39 is 12.6 Å². The molecule has 0 radical (unpaired) electrons. The summed E-state index contributed by atoms with van der Waals surface area (Å²) in [6.45, 7) is 3.25. The highest BCUT2D eigenvalue weighted by Crippen LogP contribution is 2.59. The Morgan fingerprint density at radius 3 is 2.64 bits per heavy atom. The number of alkyl halides is 3. The van der Waals surface area contributed by atoms with E-state index in [9.17, 15) is 18.0 Å². The zero-order chi connectivity index (χ0) is 22.1. The molecule has 1 amide bonds. The first-order chi connectivity index (χ1) is 15.3. The Morgan fingerprint density at radius 1 is 1.12 bits per heavy atom. The number of anilines is 1. The lowest BCUT2D eigenvalue weighted by molar-refractivity contribution is -0.137. The summed E-state index contributed by atoms with van der Waals surface area (Å²) in [5, 5.41) is 0.712. The zero-order valence-corrected chi connectivity index (χ0v) is 20.2. The van der Waals surface area contributed by atoms with Gasteiger partial charge < -0.3 is 9.80 Å². The molecule has 0 aromatic carbocycles. The van der Waals surface area contributed by atoms with Crippen LogP contribution in [-0.2, 0) is 11.2 Å². The summed E-state index contributed by atoms with van der Waals surface area (Å²) in [5.74, 6) is 2.19. The Morgan fingerprint density at radius 2 is 1.91 bits per heavy atom. The Hall–Kier alpha value is -1.55. The van der Waals surface area contributed by atoms with Gasteiger partial charge in [-0.2, -0.15) is 26.7 Å². The van der Waals surface area contributed by atoms with Crippen LogP contribution in [0.1, 0.15) is 43.4 Å². The van der Waals surface area contributed by atoms with Crippen molar-refractivity contribution in [2.75, 3.05) is 31.1 Å². The van der Waals surface area contributed by atoms with Crippen LogP contribution in [0.5, 0.6) is 0 Å². The molecule has 6 rings (SSSR count). The molecule has 10 heteroatoms. The first kappa shape index (κ1) is 23.2. The van der Waals surface area contributed by atoms with Gasteiger partial charge in [-0.3, -0.25) is 4.79 Å². The van der Waals surface area contributed by atoms with E-state index in [1.54, 1.807) is 6.07 Å². The van der Waals surface area contributed by atoms with E-state index in [1.807, 2.05) is 0 Å². The molecule has 2 saturated carbocycles. The molecule has 2 aliphatic heterocycles. The van der Waals surface area contributed by atoms with Gasteiger partial charge in [0, 0.05) is 37.0 Å². The lowest BCUT2D eigenvalue weighted by Gasteiger charge is -2.35. The van der Waals surface area contributed by atoms with Crippen LogP contribution in [0.4, 0.5) is 19.0 Å². The molecule has 4 fully saturated rings. The van der Waals surface area contributed by atoms with Gasteiger partial charge in [0.1, 0.15) is 17.0 Å². The van der Waals surface area contributed by atoms with Gasteiger partial charge in [0.05, 0.1) is 11.8 Å². The maximum atomic E-state index is 13.1. The summed E-state index contributed by atoms with van der Waals surface area (Å²) in [6, 6.07) is 1.61. The van der Waals surface area contributed by atoms with Crippen LogP contribution in [0.25, 0.3) is 10.2 Å². The number of piperidine rings is 1. The lowest BCUT2D eigenvalue weighted by Crippen LogP contribution is -2.45. The standard InChI is InChI=1S/C23H27F3N4OS.H2S/c24-23(25,26)9-17-7-18-19(27-13-28-20(18)32-17)30-10-15-2-6-29(11-16(15)12-30)21(31)14-1-3-22(8-14)4-5-22;/h7,13-16H,1-6,8-12H2;1H2/t14-,15-,16+;/m0./s1. The number of amides is 1. The number of halogens is 3. The molecule has 0 unspecified atom stereocenters. The van der Waals surface area contributed by atoms with Crippen molar-refractivity contribution < 1.29 is 18.0 Å². The zero-order valence-electron chi connectivity index (χ0n) is 18.4. The minimum atomic E-state index is -4.23. The predicted octanol–water partition coefficient (Wildman–Crippen LogP) is 4.77. The van der Waals surface area contributed by atoms with Crippen LogP contribution in [0.3, 0.4) is 0 Å². The molecular weight excluding hydrogens is 469 g/mol. The topological polar surface area (TPSA) is 49.3 Å². The molecule has 2 aromatic heterocycles. The lowest BCUT2D eigenvalue weighted by atomic mass is 9.88. The van der Waals surface area contributed by atoms with Crippen molar-refractivity contribution in [1.82, 2.24) is 14.9 Å². The molecule has 2 aromatic rings. The van der Waals surface area contributed by atoms with E-state index in [-0.39, 0.29) is 24.3 Å². The first-order valence-electron chi connectivity index (χ1n) is 11.6. The maximum absolute atomic E-state index is 13.1. The minimum absolute atomic E-state index is 0. The molecule has 1 spiro atoms. The largest absolute Gasteiger partial charge is 0.393 e. The fourth-order valence-corrected chi connectivity index (χ4v) is 7.30. The quantitative estimate of drug-likeness (QED) is 0.612. The molecule has 4 aliphatic rings. The van der Waals surface area contributed by atoms with E-state index in [0.717, 1.165) is 62.6 Å². The summed E-state index contributed by atoms with van der Waals surface area (Å²) in [6.07, 6.45) is 3.24. The predicted molar refractivity (Wildman–Crippen MR) is 127 cm³/mol. The number of carbonyl (C=O) groups is 1. The first-order valence-corrected chi connectivity index (χ1v) is 12.4. The number of aromatic nitrogens is 2. The second kappa shape index (κ2) is 8.29. The third-order valence-corrected chi connectivity index (χ3v) is 9.20. The molecule has 180 valence electrons. The van der Waals surface area contributed by atoms with E-state index in [1.165, 1.54) is 25.6 Å². The van der Waals surface area contributed by atoms with Gasteiger partial charge >= 0.3 is 6.18 Å². The van der Waals surface area contributed by atoms with Gasteiger partial charge in [0.25, 0.3) is 0 Å². The number of likely N-dealkylation sites (tertiary alicyclic amines) is 1. The van der Waals surface area contributed by atoms with Gasteiger partial charge in [-0.05, 0) is 61.8 Å². The molecule has 33 heavy (non-hydrogen) atoms. The van der Waals surface area contributed by atoms with Gasteiger partial charge in [-0.1, -0.05) is 0 Å². The van der Waals surface area contributed by atoms with Crippen molar-refractivity contribution >= 4 is 46.8 Å². The molecule has 2 saturated heterocycles. The monoisotopic (exact) mass is 498 g/mol. The van der Waals surface area contributed by atoms with Crippen molar-refractivity contribution in [2.24, 2.45) is 23.2 Å². The number of hydrogen-bond donors (Lipinski definition) is 0. The number of thiophene rings is 1. The summed E-state index contributed by atoms with van der Waals surface area (Å²) >= 11 is 1.10. The van der Waals surface area contributed by atoms with E-state index >= 15 is 0 Å². The van der Waals surface area contributed by atoms with Crippen molar-refractivity contribution in [2.45, 2.75) is 51.1 Å². The molecule has 3 atom stereocenters. The highest BCUT2D eigenvalue weighted by atomic mass is 32.1. The van der Waals surface area contributed by atoms with E-state index in [2.05, 4.69) is 19.8 Å². The highest BCUT2D eigenvalue weighted by molar-refractivity contribution is 7.59. The van der Waals surface area contributed by atoms with Crippen molar-refractivity contribution in [1.29, 1.82) is 0 Å². The average molecular weight is 499 g/mol. The summed E-state index contributed by atoms with van der Waals surface area (Å²) in [7, 11) is 0. The fraction of sp³-hybridized carbons (Fsp3) is 0.696. The molecule has 0 bridgehead atoms. The van der Waals surface area contributed by atoms with Crippen molar-refractivity contribution in [3.8, 4) is 0 Å². The van der Waals surface area contributed by atoms with Crippen LogP contribution in [-0.4, -0.2) is 53.1 Å². The molecular formula is C23H29F3N4OS2. The Balaban J connectivity index is 0.00000228. The van der Waals surface area contributed by atoms with Crippen molar-refractivity contribution in [3.63, 3.8) is 0 Å². The summed E-state index contributed by atoms with van der Waals surface area (Å²) in [4.78, 5) is 27.0. The summed E-state index contributed by atoms with van der Waals surface area (Å²) < 4.78 is 38.6. The van der Waals surface area contributed by atoms with Crippen LogP contribution < -0.4 is 4.90 Å². The Labute approximate surface area is 202 Å². The van der Waals surface area contributed by atoms with Crippen LogP contribution in [0, 0.1) is 23.2 Å². The number of rotatable bonds is 3. The van der Waals surface area contributed by atoms with E-state index in [0.29, 0.717) is 33.4 Å². The fourth-order valence-electron chi connectivity index (χ4n) is 6.28. The number of hydrogen-bond acceptors (Lipinski definition) is 5. The van der Waals surface area contributed by atoms with Gasteiger partial charge in [-0.15, -0.1) is 11.3 Å². The van der Waals surface area contributed by atoms with Gasteiger partial charge in [0.15, 0.2) is 0 Å². The normalized spacial score (nSPS) is 28.3. The SMILES string of the molecule is O=C([C@H]1CCC2(CC2)C1)N1CC[C@H]2CN(c3ncnc4sc(CC(F)(F)F)cc34)C[C@H]2C1.S. The molecule has 2 aliphatic carbocycles. The maximum Gasteiger partial charge on any atom is 0.393 e. The molecule has 0 N–H and O–H groups in total. The Kier molecular flexibility index (Phi) is 5.83. The van der Waals surface area contributed by atoms with Crippen molar-refractivity contribution in [3.05, 3.63) is 17.3 Å². The third kappa shape index (κ3) is 4.45. The number of nitrogens with zero attached hydrogens (tertiary/aromatic N) is 4. The van der Waals surface area contributed by atoms with E-state index in [4.69, 9.17) is 0 Å². The number of fused-ring (bicyclic) bond motifs is 2. The second-order valence-electron chi connectivity index (χ2n) is 10.4. The van der Waals surface area contributed by atoms with Gasteiger partial charge in [-0.25, -0.2) is 9.97 Å². The van der Waals surface area contributed by atoms with Crippen LogP contribution in [0.15, 0.2) is 12.4 Å². The molecule has 5 nitrogen and oxygen atoms in total. The minimum Gasteiger partial charge on any atom is -0.355 e. The average Bonchev–Trinajstić information content (AvgIpc) is 3.07. The highest BCUT2D eigenvalue weighted by Gasteiger charge is 2.51. The second-order valence-corrected chi connectivity index (χ2v) is 11.5. The van der Waals surface area contributed by atoms with Gasteiger partial charge in [0.2, 0.25) is 5.91 Å². The molecule has 4 heterocycles. The van der Waals surface area contributed by atoms with Crippen LogP contribution >= 0.6 is 24.8 Å². The smallest absolute Gasteiger partial charge is 0.355 e. The van der Waals surface area contributed by atoms with Crippen LogP contribution in [0.2, 0.25) is 0 Å². The summed E-state index contributed by atoms with van der Waals surface area (Å²) in [5.41, 5.74) is 0.507. The third-order valence-electron chi connectivity index (χ3n) is 8.16.